The molecular formula is C11H12BrN3S. The second kappa shape index (κ2) is 6.56. The van der Waals surface area contributed by atoms with Crippen molar-refractivity contribution in [3.8, 4) is 6.19 Å². The number of halogens is 1. The zero-order valence-corrected chi connectivity index (χ0v) is 11.5. The van der Waals surface area contributed by atoms with Crippen molar-refractivity contribution in [2.24, 2.45) is 4.99 Å². The van der Waals surface area contributed by atoms with Gasteiger partial charge in [0.25, 0.3) is 0 Å². The Hall–Kier alpha value is -0.990. The fourth-order valence-corrected chi connectivity index (χ4v) is 1.91. The molecule has 84 valence electrons. The Kier molecular flexibility index (Phi) is 5.36. The molecule has 5 heteroatoms. The van der Waals surface area contributed by atoms with Crippen LogP contribution in [0.3, 0.4) is 0 Å². The van der Waals surface area contributed by atoms with Gasteiger partial charge in [-0.2, -0.15) is 5.26 Å². The van der Waals surface area contributed by atoms with Crippen molar-refractivity contribution in [1.82, 2.24) is 5.32 Å². The number of benzene rings is 1. The highest BCUT2D eigenvalue weighted by molar-refractivity contribution is 9.10. The lowest BCUT2D eigenvalue weighted by atomic mass is 10.1. The second-order valence-corrected chi connectivity index (χ2v) is 4.70. The second-order valence-electron chi connectivity index (χ2n) is 2.98. The average Bonchev–Trinajstić information content (AvgIpc) is 2.29. The van der Waals surface area contributed by atoms with Gasteiger partial charge in [0.05, 0.1) is 5.69 Å². The number of aryl methyl sites for hydroxylation is 1. The average molecular weight is 298 g/mol. The molecule has 0 saturated heterocycles. The lowest BCUT2D eigenvalue weighted by molar-refractivity contribution is 1.13. The van der Waals surface area contributed by atoms with E-state index in [9.17, 15) is 0 Å². The smallest absolute Gasteiger partial charge is 0.183 e. The molecule has 0 aromatic heterocycles. The predicted molar refractivity (Wildman–Crippen MR) is 72.9 cm³/mol. The molecule has 0 amide bonds. The largest absolute Gasteiger partial charge is 0.271 e. The zero-order valence-electron chi connectivity index (χ0n) is 9.12. The van der Waals surface area contributed by atoms with E-state index >= 15 is 0 Å². The van der Waals surface area contributed by atoms with Crippen LogP contribution in [0, 0.1) is 11.5 Å². The Balaban J connectivity index is 3.11. The fraction of sp³-hybridized carbons (Fsp3) is 0.273. The fourth-order valence-electron chi connectivity index (χ4n) is 1.22. The Morgan fingerprint density at radius 3 is 2.94 bits per heavy atom. The standard InChI is InChI=1S/C11H12BrN3S/c1-3-8-4-5-9(12)6-10(8)15-11(16-2)14-7-13/h4-6H,3H2,1-2H3,(H,14,15). The molecule has 0 radical (unpaired) electrons. The Morgan fingerprint density at radius 1 is 1.62 bits per heavy atom. The van der Waals surface area contributed by atoms with E-state index in [0.29, 0.717) is 5.17 Å². The maximum Gasteiger partial charge on any atom is 0.183 e. The topological polar surface area (TPSA) is 48.2 Å². The molecule has 0 bridgehead atoms. The molecule has 1 rings (SSSR count). The van der Waals surface area contributed by atoms with E-state index in [4.69, 9.17) is 5.26 Å². The van der Waals surface area contributed by atoms with Crippen LogP contribution in [0.1, 0.15) is 12.5 Å². The molecular weight excluding hydrogens is 286 g/mol. The van der Waals surface area contributed by atoms with Crippen LogP contribution >= 0.6 is 27.7 Å². The van der Waals surface area contributed by atoms with E-state index in [-0.39, 0.29) is 0 Å². The first-order valence-electron chi connectivity index (χ1n) is 4.77. The number of amidine groups is 1. The van der Waals surface area contributed by atoms with E-state index in [1.165, 1.54) is 11.8 Å². The normalized spacial score (nSPS) is 11.0. The molecule has 1 N–H and O–H groups in total. The number of rotatable bonds is 2. The quantitative estimate of drug-likeness (QED) is 0.394. The van der Waals surface area contributed by atoms with Crippen LogP contribution < -0.4 is 5.32 Å². The highest BCUT2D eigenvalue weighted by atomic mass is 79.9. The third-order valence-electron chi connectivity index (χ3n) is 2.01. The van der Waals surface area contributed by atoms with Crippen LogP contribution in [0.4, 0.5) is 5.69 Å². The van der Waals surface area contributed by atoms with Gasteiger partial charge in [-0.1, -0.05) is 40.7 Å². The van der Waals surface area contributed by atoms with E-state index in [1.54, 1.807) is 0 Å². The summed E-state index contributed by atoms with van der Waals surface area (Å²) in [6.07, 6.45) is 4.68. The summed E-state index contributed by atoms with van der Waals surface area (Å²) >= 11 is 4.83. The Morgan fingerprint density at radius 2 is 2.38 bits per heavy atom. The molecule has 0 heterocycles. The van der Waals surface area contributed by atoms with Crippen LogP contribution in [-0.2, 0) is 6.42 Å². The summed E-state index contributed by atoms with van der Waals surface area (Å²) < 4.78 is 0.987. The molecule has 0 saturated carbocycles. The van der Waals surface area contributed by atoms with E-state index < -0.39 is 0 Å². The Bertz CT molecular complexity index is 437. The molecule has 16 heavy (non-hydrogen) atoms. The van der Waals surface area contributed by atoms with Crippen molar-refractivity contribution in [1.29, 1.82) is 5.26 Å². The van der Waals surface area contributed by atoms with Gasteiger partial charge >= 0.3 is 0 Å². The first-order chi connectivity index (χ1) is 7.71. The third-order valence-corrected chi connectivity index (χ3v) is 3.08. The maximum atomic E-state index is 8.56. The lowest BCUT2D eigenvalue weighted by Crippen LogP contribution is -2.12. The summed E-state index contributed by atoms with van der Waals surface area (Å²) in [5.74, 6) is 0. The van der Waals surface area contributed by atoms with Gasteiger partial charge < -0.3 is 0 Å². The van der Waals surface area contributed by atoms with Crippen molar-refractivity contribution in [3.63, 3.8) is 0 Å². The van der Waals surface area contributed by atoms with Crippen LogP contribution in [0.25, 0.3) is 0 Å². The molecule has 0 aliphatic heterocycles. The van der Waals surface area contributed by atoms with Crippen LogP contribution in [0.2, 0.25) is 0 Å². The third kappa shape index (κ3) is 3.54. The summed E-state index contributed by atoms with van der Waals surface area (Å²) in [6.45, 7) is 2.08. The van der Waals surface area contributed by atoms with Gasteiger partial charge in [0.1, 0.15) is 0 Å². The number of aliphatic imine (C=N–C) groups is 1. The number of hydrogen-bond donors (Lipinski definition) is 1. The van der Waals surface area contributed by atoms with Gasteiger partial charge in [-0.3, -0.25) is 5.32 Å². The molecule has 1 aromatic carbocycles. The minimum absolute atomic E-state index is 0.607. The molecule has 0 atom stereocenters. The summed E-state index contributed by atoms with van der Waals surface area (Å²) in [5, 5.41) is 11.7. The predicted octanol–water partition coefficient (Wildman–Crippen LogP) is 3.43. The van der Waals surface area contributed by atoms with Crippen molar-refractivity contribution in [2.75, 3.05) is 6.26 Å². The molecule has 0 unspecified atom stereocenters. The summed E-state index contributed by atoms with van der Waals surface area (Å²) in [5.41, 5.74) is 2.05. The van der Waals surface area contributed by atoms with Gasteiger partial charge in [-0.15, -0.1) is 0 Å². The van der Waals surface area contributed by atoms with E-state index in [0.717, 1.165) is 22.1 Å². The first kappa shape index (κ1) is 13.1. The molecule has 0 aliphatic rings. The van der Waals surface area contributed by atoms with Gasteiger partial charge in [-0.25, -0.2) is 4.99 Å². The van der Waals surface area contributed by atoms with Crippen LogP contribution in [0.15, 0.2) is 27.7 Å². The van der Waals surface area contributed by atoms with Gasteiger partial charge in [0.15, 0.2) is 11.4 Å². The molecule has 3 nitrogen and oxygen atoms in total. The van der Waals surface area contributed by atoms with Gasteiger partial charge in [0.2, 0.25) is 0 Å². The first-order valence-corrected chi connectivity index (χ1v) is 6.79. The highest BCUT2D eigenvalue weighted by Gasteiger charge is 2.02. The maximum absolute atomic E-state index is 8.56. The highest BCUT2D eigenvalue weighted by Crippen LogP contribution is 2.25. The number of hydrogen-bond acceptors (Lipinski definition) is 3. The lowest BCUT2D eigenvalue weighted by Gasteiger charge is -2.05. The monoisotopic (exact) mass is 297 g/mol. The Labute approximate surface area is 108 Å². The summed E-state index contributed by atoms with van der Waals surface area (Å²) in [7, 11) is 0. The SMILES string of the molecule is CCc1ccc(Br)cc1N=C(NC#N)SC. The van der Waals surface area contributed by atoms with E-state index in [1.807, 2.05) is 30.6 Å². The molecule has 0 fully saturated rings. The summed E-state index contributed by atoms with van der Waals surface area (Å²) in [6, 6.07) is 5.98. The molecule has 0 aliphatic carbocycles. The molecule has 1 aromatic rings. The van der Waals surface area contributed by atoms with Crippen LogP contribution in [-0.4, -0.2) is 11.4 Å². The number of thioether (sulfide) groups is 1. The van der Waals surface area contributed by atoms with Gasteiger partial charge in [0, 0.05) is 4.47 Å². The van der Waals surface area contributed by atoms with Crippen molar-refractivity contribution in [2.45, 2.75) is 13.3 Å². The van der Waals surface area contributed by atoms with Crippen LogP contribution in [0.5, 0.6) is 0 Å². The van der Waals surface area contributed by atoms with Crippen molar-refractivity contribution in [3.05, 3.63) is 28.2 Å². The molecule has 0 spiro atoms. The zero-order chi connectivity index (χ0) is 12.0. The number of nitrogens with zero attached hydrogens (tertiary/aromatic N) is 2. The number of nitriles is 1. The summed E-state index contributed by atoms with van der Waals surface area (Å²) in [4.78, 5) is 4.41. The van der Waals surface area contributed by atoms with Gasteiger partial charge in [-0.05, 0) is 30.4 Å². The van der Waals surface area contributed by atoms with Crippen molar-refractivity contribution >= 4 is 38.5 Å². The number of nitrogens with one attached hydrogen (secondary N) is 1. The minimum Gasteiger partial charge on any atom is -0.271 e. The minimum atomic E-state index is 0.607. The van der Waals surface area contributed by atoms with E-state index in [2.05, 4.69) is 33.2 Å². The van der Waals surface area contributed by atoms with Crippen molar-refractivity contribution < 1.29 is 0 Å².